The van der Waals surface area contributed by atoms with Crippen LogP contribution in [0, 0.1) is 0 Å². The highest BCUT2D eigenvalue weighted by Crippen LogP contribution is 2.15. The van der Waals surface area contributed by atoms with Gasteiger partial charge in [0.1, 0.15) is 18.4 Å². The molecule has 0 spiro atoms. The predicted octanol–water partition coefficient (Wildman–Crippen LogP) is 2.89. The van der Waals surface area contributed by atoms with Crippen molar-refractivity contribution in [2.75, 3.05) is 12.4 Å². The summed E-state index contributed by atoms with van der Waals surface area (Å²) in [6, 6.07) is 16.1. The summed E-state index contributed by atoms with van der Waals surface area (Å²) in [5, 5.41) is 7.48. The average molecular weight is 280 g/mol. The topological polar surface area (TPSA) is 52.0 Å². The van der Waals surface area contributed by atoms with Crippen LogP contribution in [0.4, 0.5) is 5.69 Å². The van der Waals surface area contributed by atoms with Crippen LogP contribution < -0.4 is 10.1 Å². The molecule has 0 aliphatic carbocycles. The minimum Gasteiger partial charge on any atom is -0.497 e. The molecule has 3 rings (SSSR count). The molecule has 0 atom stereocenters. The van der Waals surface area contributed by atoms with Crippen molar-refractivity contribution in [3.05, 3.63) is 66.7 Å². The van der Waals surface area contributed by atoms with Gasteiger partial charge in [0, 0.05) is 12.2 Å². The molecule has 0 unspecified atom stereocenters. The van der Waals surface area contributed by atoms with E-state index in [-0.39, 0.29) is 0 Å². The van der Waals surface area contributed by atoms with Crippen LogP contribution in [0.15, 0.2) is 61.2 Å². The maximum Gasteiger partial charge on any atom is 0.138 e. The summed E-state index contributed by atoms with van der Waals surface area (Å²) < 4.78 is 6.88. The molecule has 0 saturated heterocycles. The summed E-state index contributed by atoms with van der Waals surface area (Å²) in [6.07, 6.45) is 3.20. The lowest BCUT2D eigenvalue weighted by molar-refractivity contribution is 0.414. The normalized spacial score (nSPS) is 10.3. The first kappa shape index (κ1) is 13.2. The Hall–Kier alpha value is -2.82. The summed E-state index contributed by atoms with van der Waals surface area (Å²) in [5.74, 6) is 0.871. The highest BCUT2D eigenvalue weighted by atomic mass is 16.5. The van der Waals surface area contributed by atoms with Gasteiger partial charge in [0.2, 0.25) is 0 Å². The zero-order chi connectivity index (χ0) is 14.5. The Kier molecular flexibility index (Phi) is 3.82. The molecule has 21 heavy (non-hydrogen) atoms. The van der Waals surface area contributed by atoms with Gasteiger partial charge in [-0.15, -0.1) is 0 Å². The van der Waals surface area contributed by atoms with E-state index in [2.05, 4.69) is 27.5 Å². The number of rotatable bonds is 5. The molecule has 1 aromatic heterocycles. The molecule has 1 heterocycles. The number of ether oxygens (including phenoxy) is 1. The van der Waals surface area contributed by atoms with Gasteiger partial charge < -0.3 is 10.1 Å². The van der Waals surface area contributed by atoms with Crippen LogP contribution in [0.1, 0.15) is 5.56 Å². The Bertz CT molecular complexity index is 675. The van der Waals surface area contributed by atoms with E-state index in [1.165, 1.54) is 11.9 Å². The van der Waals surface area contributed by atoms with E-state index in [0.717, 1.165) is 23.7 Å². The Balaban J connectivity index is 1.62. The monoisotopic (exact) mass is 280 g/mol. The molecule has 0 amide bonds. The lowest BCUT2D eigenvalue weighted by Crippen LogP contribution is -2.00. The molecule has 3 aromatic rings. The Morgan fingerprint density at radius 3 is 2.43 bits per heavy atom. The molecule has 0 fully saturated rings. The smallest absolute Gasteiger partial charge is 0.138 e. The molecule has 0 aliphatic heterocycles. The van der Waals surface area contributed by atoms with Crippen molar-refractivity contribution in [1.29, 1.82) is 0 Å². The third kappa shape index (κ3) is 3.20. The Morgan fingerprint density at radius 2 is 1.81 bits per heavy atom. The van der Waals surface area contributed by atoms with E-state index in [4.69, 9.17) is 4.74 Å². The average Bonchev–Trinajstić information content (AvgIpc) is 3.08. The van der Waals surface area contributed by atoms with Gasteiger partial charge in [0.25, 0.3) is 0 Å². The number of anilines is 1. The van der Waals surface area contributed by atoms with E-state index in [1.807, 2.05) is 36.4 Å². The number of benzene rings is 2. The van der Waals surface area contributed by atoms with Crippen LogP contribution in [0.2, 0.25) is 0 Å². The second-order valence-electron chi connectivity index (χ2n) is 4.59. The number of hydrogen-bond acceptors (Lipinski definition) is 4. The molecular formula is C16H16N4O. The summed E-state index contributed by atoms with van der Waals surface area (Å²) in [7, 11) is 1.67. The molecule has 0 saturated carbocycles. The molecule has 5 nitrogen and oxygen atoms in total. The fraction of sp³-hybridized carbons (Fsp3) is 0.125. The van der Waals surface area contributed by atoms with Gasteiger partial charge in [-0.3, -0.25) is 0 Å². The molecule has 0 aliphatic rings. The zero-order valence-electron chi connectivity index (χ0n) is 11.7. The molecule has 2 aromatic carbocycles. The van der Waals surface area contributed by atoms with E-state index < -0.39 is 0 Å². The van der Waals surface area contributed by atoms with Crippen LogP contribution >= 0.6 is 0 Å². The summed E-state index contributed by atoms with van der Waals surface area (Å²) in [6.45, 7) is 0.771. The van der Waals surface area contributed by atoms with E-state index in [9.17, 15) is 0 Å². The predicted molar refractivity (Wildman–Crippen MR) is 81.7 cm³/mol. The van der Waals surface area contributed by atoms with Crippen molar-refractivity contribution in [3.63, 3.8) is 0 Å². The van der Waals surface area contributed by atoms with E-state index in [1.54, 1.807) is 18.1 Å². The van der Waals surface area contributed by atoms with Crippen molar-refractivity contribution in [2.45, 2.75) is 6.54 Å². The van der Waals surface area contributed by atoms with E-state index >= 15 is 0 Å². The first-order valence-electron chi connectivity index (χ1n) is 6.67. The minimum atomic E-state index is 0.771. The van der Waals surface area contributed by atoms with Crippen LogP contribution in [-0.2, 0) is 6.54 Å². The largest absolute Gasteiger partial charge is 0.497 e. The fourth-order valence-electron chi connectivity index (χ4n) is 2.02. The standard InChI is InChI=1S/C16H16N4O/c1-21-16-8-2-13(3-9-16)10-18-14-4-6-15(7-5-14)20-12-17-11-19-20/h2-9,11-12,18H,10H2,1H3. The quantitative estimate of drug-likeness (QED) is 0.780. The van der Waals surface area contributed by atoms with Crippen molar-refractivity contribution in [1.82, 2.24) is 14.8 Å². The first-order chi connectivity index (χ1) is 10.3. The van der Waals surface area contributed by atoms with Gasteiger partial charge in [-0.05, 0) is 42.0 Å². The van der Waals surface area contributed by atoms with Gasteiger partial charge in [-0.25, -0.2) is 9.67 Å². The van der Waals surface area contributed by atoms with Crippen molar-refractivity contribution >= 4 is 5.69 Å². The number of nitrogens with one attached hydrogen (secondary N) is 1. The highest BCUT2D eigenvalue weighted by Gasteiger charge is 1.98. The molecule has 5 heteroatoms. The van der Waals surface area contributed by atoms with Crippen LogP contribution in [0.3, 0.4) is 0 Å². The van der Waals surface area contributed by atoms with Crippen molar-refractivity contribution in [2.24, 2.45) is 0 Å². The second kappa shape index (κ2) is 6.09. The first-order valence-corrected chi connectivity index (χ1v) is 6.67. The van der Waals surface area contributed by atoms with Gasteiger partial charge in [0.15, 0.2) is 0 Å². The van der Waals surface area contributed by atoms with Gasteiger partial charge >= 0.3 is 0 Å². The van der Waals surface area contributed by atoms with Crippen molar-refractivity contribution < 1.29 is 4.74 Å². The van der Waals surface area contributed by atoms with Gasteiger partial charge in [-0.1, -0.05) is 12.1 Å². The number of nitrogens with zero attached hydrogens (tertiary/aromatic N) is 3. The van der Waals surface area contributed by atoms with Crippen LogP contribution in [0.5, 0.6) is 5.75 Å². The zero-order valence-corrected chi connectivity index (χ0v) is 11.7. The molecular weight excluding hydrogens is 264 g/mol. The lowest BCUT2D eigenvalue weighted by Gasteiger charge is -2.08. The lowest BCUT2D eigenvalue weighted by atomic mass is 10.2. The highest BCUT2D eigenvalue weighted by molar-refractivity contribution is 5.48. The molecule has 0 radical (unpaired) electrons. The second-order valence-corrected chi connectivity index (χ2v) is 4.59. The maximum atomic E-state index is 5.15. The number of hydrogen-bond donors (Lipinski definition) is 1. The summed E-state index contributed by atoms with van der Waals surface area (Å²) in [4.78, 5) is 3.94. The van der Waals surface area contributed by atoms with Gasteiger partial charge in [-0.2, -0.15) is 5.10 Å². The van der Waals surface area contributed by atoms with Crippen LogP contribution in [0.25, 0.3) is 5.69 Å². The fourth-order valence-corrected chi connectivity index (χ4v) is 2.02. The summed E-state index contributed by atoms with van der Waals surface area (Å²) in [5.41, 5.74) is 3.26. The maximum absolute atomic E-state index is 5.15. The van der Waals surface area contributed by atoms with Crippen LogP contribution in [-0.4, -0.2) is 21.9 Å². The van der Waals surface area contributed by atoms with Gasteiger partial charge in [0.05, 0.1) is 12.8 Å². The minimum absolute atomic E-state index is 0.771. The number of aromatic nitrogens is 3. The van der Waals surface area contributed by atoms with E-state index in [0.29, 0.717) is 0 Å². The third-order valence-corrected chi connectivity index (χ3v) is 3.21. The third-order valence-electron chi connectivity index (χ3n) is 3.21. The molecule has 1 N–H and O–H groups in total. The Labute approximate surface area is 123 Å². The summed E-state index contributed by atoms with van der Waals surface area (Å²) >= 11 is 0. The van der Waals surface area contributed by atoms with Crippen molar-refractivity contribution in [3.8, 4) is 11.4 Å². The molecule has 0 bridgehead atoms. The number of methoxy groups -OCH3 is 1. The molecule has 106 valence electrons. The Morgan fingerprint density at radius 1 is 1.05 bits per heavy atom. The SMILES string of the molecule is COc1ccc(CNc2ccc(-n3cncn3)cc2)cc1.